The molecule has 0 aliphatic heterocycles. The third-order valence-electron chi connectivity index (χ3n) is 2.96. The maximum absolute atomic E-state index is 5.87. The van der Waals surface area contributed by atoms with Crippen LogP contribution in [0.1, 0.15) is 43.1 Å². The molecule has 4 nitrogen and oxygen atoms in total. The zero-order chi connectivity index (χ0) is 11.5. The van der Waals surface area contributed by atoms with Gasteiger partial charge in [0.1, 0.15) is 11.6 Å². The lowest BCUT2D eigenvalue weighted by atomic mass is 10.1. The topological polar surface area (TPSA) is 61.0 Å². The highest BCUT2D eigenvalue weighted by atomic mass is 79.9. The Morgan fingerprint density at radius 3 is 2.69 bits per heavy atom. The van der Waals surface area contributed by atoms with E-state index < -0.39 is 0 Å². The minimum atomic E-state index is 0.465. The van der Waals surface area contributed by atoms with E-state index in [-0.39, 0.29) is 0 Å². The van der Waals surface area contributed by atoms with Gasteiger partial charge in [0.2, 0.25) is 0 Å². The van der Waals surface area contributed by atoms with Crippen molar-refractivity contribution in [2.45, 2.75) is 38.2 Å². The number of hydrogen-bond acceptors (Lipinski definition) is 4. The van der Waals surface area contributed by atoms with Gasteiger partial charge in [-0.15, -0.1) is 0 Å². The van der Waals surface area contributed by atoms with Gasteiger partial charge in [0, 0.05) is 13.0 Å². The number of nitrogens with two attached hydrogens (primary N) is 1. The molecular weight excluding hydrogens is 270 g/mol. The van der Waals surface area contributed by atoms with Crippen LogP contribution in [-0.4, -0.2) is 17.1 Å². The number of methoxy groups -OCH3 is 1. The molecule has 0 unspecified atom stereocenters. The Balaban J connectivity index is 2.31. The van der Waals surface area contributed by atoms with E-state index in [4.69, 9.17) is 10.5 Å². The summed E-state index contributed by atoms with van der Waals surface area (Å²) in [4.78, 5) is 8.90. The highest BCUT2D eigenvalue weighted by Crippen LogP contribution is 2.34. The zero-order valence-corrected chi connectivity index (χ0v) is 11.0. The minimum Gasteiger partial charge on any atom is -0.383 e. The number of hydrogen-bond donors (Lipinski definition) is 1. The molecule has 0 atom stereocenters. The monoisotopic (exact) mass is 285 g/mol. The largest absolute Gasteiger partial charge is 0.383 e. The van der Waals surface area contributed by atoms with Gasteiger partial charge in [-0.05, 0) is 28.8 Å². The lowest BCUT2D eigenvalue weighted by Crippen LogP contribution is -2.08. The molecule has 1 aliphatic carbocycles. The van der Waals surface area contributed by atoms with Crippen LogP contribution in [0.2, 0.25) is 0 Å². The van der Waals surface area contributed by atoms with E-state index in [1.165, 1.54) is 25.7 Å². The first-order valence-corrected chi connectivity index (χ1v) is 6.32. The summed E-state index contributed by atoms with van der Waals surface area (Å²) < 4.78 is 5.87. The average Bonchev–Trinajstić information content (AvgIpc) is 2.78. The molecule has 1 aromatic rings. The van der Waals surface area contributed by atoms with Gasteiger partial charge in [0.25, 0.3) is 0 Å². The Kier molecular flexibility index (Phi) is 3.76. The van der Waals surface area contributed by atoms with Crippen molar-refractivity contribution in [3.63, 3.8) is 0 Å². The maximum atomic E-state index is 5.87. The normalized spacial score (nSPS) is 16.9. The van der Waals surface area contributed by atoms with Gasteiger partial charge in [-0.1, -0.05) is 12.8 Å². The van der Waals surface area contributed by atoms with E-state index >= 15 is 0 Å². The molecule has 0 amide bonds. The van der Waals surface area contributed by atoms with Crippen LogP contribution in [0.4, 0.5) is 5.82 Å². The summed E-state index contributed by atoms with van der Waals surface area (Å²) in [6.45, 7) is 0.465. The molecule has 1 saturated carbocycles. The van der Waals surface area contributed by atoms with Gasteiger partial charge in [-0.25, -0.2) is 9.97 Å². The Morgan fingerprint density at radius 2 is 2.06 bits per heavy atom. The van der Waals surface area contributed by atoms with E-state index in [2.05, 4.69) is 25.9 Å². The molecule has 1 aliphatic rings. The molecule has 0 saturated heterocycles. The molecule has 1 aromatic heterocycles. The van der Waals surface area contributed by atoms with Crippen LogP contribution in [0.5, 0.6) is 0 Å². The fourth-order valence-electron chi connectivity index (χ4n) is 2.13. The molecular formula is C11H16BrN3O. The van der Waals surface area contributed by atoms with Crippen LogP contribution in [0.25, 0.3) is 0 Å². The van der Waals surface area contributed by atoms with Crippen LogP contribution < -0.4 is 5.73 Å². The van der Waals surface area contributed by atoms with Gasteiger partial charge in [0.05, 0.1) is 16.8 Å². The summed E-state index contributed by atoms with van der Waals surface area (Å²) in [6.07, 6.45) is 4.88. The number of anilines is 1. The van der Waals surface area contributed by atoms with Crippen molar-refractivity contribution in [2.24, 2.45) is 0 Å². The van der Waals surface area contributed by atoms with Crippen molar-refractivity contribution in [1.82, 2.24) is 9.97 Å². The lowest BCUT2D eigenvalue weighted by Gasteiger charge is -2.12. The summed E-state index contributed by atoms with van der Waals surface area (Å²) >= 11 is 3.39. The number of halogens is 1. The summed E-state index contributed by atoms with van der Waals surface area (Å²) in [5.41, 5.74) is 6.71. The van der Waals surface area contributed by atoms with Crippen molar-refractivity contribution in [1.29, 1.82) is 0 Å². The standard InChI is InChI=1S/C11H16BrN3O/c1-16-6-8-9(12)10(13)15-11(14-8)7-4-2-3-5-7/h7H,2-6H2,1H3,(H2,13,14,15). The predicted molar refractivity (Wildman–Crippen MR) is 66.1 cm³/mol. The van der Waals surface area contributed by atoms with E-state index in [0.29, 0.717) is 18.3 Å². The molecule has 1 fully saturated rings. The Bertz CT molecular complexity index is 378. The maximum Gasteiger partial charge on any atom is 0.141 e. The quantitative estimate of drug-likeness (QED) is 0.927. The Labute approximate surface area is 104 Å². The summed E-state index contributed by atoms with van der Waals surface area (Å²) in [7, 11) is 1.65. The molecule has 2 rings (SSSR count). The van der Waals surface area contributed by atoms with Gasteiger partial charge >= 0.3 is 0 Å². The second-order valence-electron chi connectivity index (χ2n) is 4.14. The Morgan fingerprint density at radius 1 is 1.38 bits per heavy atom. The van der Waals surface area contributed by atoms with Crippen LogP contribution in [-0.2, 0) is 11.3 Å². The lowest BCUT2D eigenvalue weighted by molar-refractivity contribution is 0.180. The van der Waals surface area contributed by atoms with E-state index in [0.717, 1.165) is 16.0 Å². The fraction of sp³-hybridized carbons (Fsp3) is 0.636. The van der Waals surface area contributed by atoms with E-state index in [9.17, 15) is 0 Å². The summed E-state index contributed by atoms with van der Waals surface area (Å²) in [6, 6.07) is 0. The molecule has 0 bridgehead atoms. The molecule has 16 heavy (non-hydrogen) atoms. The minimum absolute atomic E-state index is 0.465. The molecule has 1 heterocycles. The average molecular weight is 286 g/mol. The smallest absolute Gasteiger partial charge is 0.141 e. The third-order valence-corrected chi connectivity index (χ3v) is 3.83. The van der Waals surface area contributed by atoms with Crippen molar-refractivity contribution in [2.75, 3.05) is 12.8 Å². The summed E-state index contributed by atoms with van der Waals surface area (Å²) in [5, 5.41) is 0. The second kappa shape index (κ2) is 5.10. The van der Waals surface area contributed by atoms with Crippen molar-refractivity contribution in [3.8, 4) is 0 Å². The SMILES string of the molecule is COCc1nc(C2CCCC2)nc(N)c1Br. The van der Waals surface area contributed by atoms with Crippen molar-refractivity contribution in [3.05, 3.63) is 16.0 Å². The molecule has 0 radical (unpaired) electrons. The number of nitrogens with zero attached hydrogens (tertiary/aromatic N) is 2. The van der Waals surface area contributed by atoms with Crippen LogP contribution >= 0.6 is 15.9 Å². The molecule has 0 spiro atoms. The first kappa shape index (κ1) is 11.8. The van der Waals surface area contributed by atoms with E-state index in [1.807, 2.05) is 0 Å². The van der Waals surface area contributed by atoms with Crippen LogP contribution in [0.3, 0.4) is 0 Å². The van der Waals surface area contributed by atoms with E-state index in [1.54, 1.807) is 7.11 Å². The van der Waals surface area contributed by atoms with Crippen molar-refractivity contribution < 1.29 is 4.74 Å². The highest BCUT2D eigenvalue weighted by molar-refractivity contribution is 9.10. The third kappa shape index (κ3) is 2.35. The molecule has 5 heteroatoms. The second-order valence-corrected chi connectivity index (χ2v) is 4.94. The summed E-state index contributed by atoms with van der Waals surface area (Å²) in [5.74, 6) is 1.88. The van der Waals surface area contributed by atoms with Gasteiger partial charge in [-0.2, -0.15) is 0 Å². The first-order chi connectivity index (χ1) is 7.72. The number of ether oxygens (including phenoxy) is 1. The fourth-order valence-corrected chi connectivity index (χ4v) is 2.42. The van der Waals surface area contributed by atoms with Gasteiger partial charge in [0.15, 0.2) is 0 Å². The van der Waals surface area contributed by atoms with Crippen LogP contribution in [0.15, 0.2) is 4.47 Å². The van der Waals surface area contributed by atoms with Crippen molar-refractivity contribution >= 4 is 21.7 Å². The predicted octanol–water partition coefficient (Wildman–Crippen LogP) is 2.63. The van der Waals surface area contributed by atoms with Gasteiger partial charge in [-0.3, -0.25) is 0 Å². The number of aromatic nitrogens is 2. The zero-order valence-electron chi connectivity index (χ0n) is 9.37. The first-order valence-electron chi connectivity index (χ1n) is 5.53. The highest BCUT2D eigenvalue weighted by Gasteiger charge is 2.21. The number of nitrogen functional groups attached to an aromatic ring is 1. The molecule has 0 aromatic carbocycles. The van der Waals surface area contributed by atoms with Gasteiger partial charge < -0.3 is 10.5 Å². The number of rotatable bonds is 3. The molecule has 88 valence electrons. The molecule has 2 N–H and O–H groups in total. The van der Waals surface area contributed by atoms with Crippen LogP contribution in [0, 0.1) is 0 Å². The Hall–Kier alpha value is -0.680.